The van der Waals surface area contributed by atoms with Gasteiger partial charge in [0.1, 0.15) is 0 Å². The van der Waals surface area contributed by atoms with Crippen LogP contribution in [0.4, 0.5) is 5.69 Å². The molecule has 3 rings (SSSR count). The molecule has 0 spiro atoms. The zero-order valence-corrected chi connectivity index (χ0v) is 15.8. The predicted molar refractivity (Wildman–Crippen MR) is 101 cm³/mol. The largest absolute Gasteiger partial charge is 0.289 e. The first kappa shape index (κ1) is 18.7. The average molecular weight is 376 g/mol. The van der Waals surface area contributed by atoms with E-state index in [-0.39, 0.29) is 17.9 Å². The molecule has 26 heavy (non-hydrogen) atoms. The van der Waals surface area contributed by atoms with Crippen LogP contribution in [0.1, 0.15) is 39.5 Å². The van der Waals surface area contributed by atoms with Crippen molar-refractivity contribution in [3.05, 3.63) is 36.4 Å². The van der Waals surface area contributed by atoms with Gasteiger partial charge in [0.05, 0.1) is 10.6 Å². The summed E-state index contributed by atoms with van der Waals surface area (Å²) in [7, 11) is -3.53. The van der Waals surface area contributed by atoms with Gasteiger partial charge in [-0.3, -0.25) is 14.3 Å². The molecular weight excluding hydrogens is 352 g/mol. The number of carbonyl (C=O) groups excluding carboxylic acids is 1. The van der Waals surface area contributed by atoms with Crippen molar-refractivity contribution in [3.63, 3.8) is 0 Å². The topological polar surface area (TPSA) is 86.7 Å². The van der Waals surface area contributed by atoms with Crippen LogP contribution in [0, 0.1) is 5.92 Å². The minimum Gasteiger partial charge on any atom is -0.289 e. The van der Waals surface area contributed by atoms with Crippen LogP contribution in [0.3, 0.4) is 0 Å². The summed E-state index contributed by atoms with van der Waals surface area (Å²) in [6.07, 6.45) is 2.96. The molecule has 1 aliphatic heterocycles. The molecule has 2 N–H and O–H groups in total. The molecule has 0 fully saturated rings. The van der Waals surface area contributed by atoms with Gasteiger partial charge in [0.15, 0.2) is 0 Å². The molecule has 2 aromatic carbocycles. The Hall–Kier alpha value is -2.12. The number of carbonyl (C=O) groups is 1. The van der Waals surface area contributed by atoms with Crippen molar-refractivity contribution in [2.45, 2.75) is 50.5 Å². The highest BCUT2D eigenvalue weighted by atomic mass is 32.2. The lowest BCUT2D eigenvalue weighted by Crippen LogP contribution is -2.35. The van der Waals surface area contributed by atoms with Crippen molar-refractivity contribution >= 4 is 32.4 Å². The van der Waals surface area contributed by atoms with Crippen LogP contribution in [0.5, 0.6) is 0 Å². The lowest BCUT2D eigenvalue weighted by molar-refractivity contribution is -0.133. The SMILES string of the molecule is CC(CCCCC(C)N1c2cccc3cccc(c23)S1(=O)=O)C(=O)NO. The van der Waals surface area contributed by atoms with Gasteiger partial charge in [-0.1, -0.05) is 44.0 Å². The summed E-state index contributed by atoms with van der Waals surface area (Å²) in [6, 6.07) is 10.9. The number of sulfonamides is 1. The first-order valence-corrected chi connectivity index (χ1v) is 10.3. The standard InChI is InChI=1S/C19H24N2O4S/c1-13(19(22)20-23)7-3-4-8-14(2)21-16-11-5-9-15-10-6-12-17(18(15)16)26(21,24)25/h5-6,9-14,23H,3-4,7-8H2,1-2H3,(H,20,22). The van der Waals surface area contributed by atoms with E-state index in [1.807, 2.05) is 31.2 Å². The molecule has 140 valence electrons. The van der Waals surface area contributed by atoms with Crippen LogP contribution in [0.25, 0.3) is 10.8 Å². The number of amides is 1. The first-order valence-electron chi connectivity index (χ1n) is 8.88. The molecule has 0 bridgehead atoms. The summed E-state index contributed by atoms with van der Waals surface area (Å²) in [5.41, 5.74) is 2.41. The number of benzene rings is 2. The molecule has 1 heterocycles. The van der Waals surface area contributed by atoms with Gasteiger partial charge in [0, 0.05) is 17.3 Å². The fourth-order valence-corrected chi connectivity index (χ4v) is 5.58. The van der Waals surface area contributed by atoms with Gasteiger partial charge >= 0.3 is 0 Å². The van der Waals surface area contributed by atoms with Crippen LogP contribution in [-0.4, -0.2) is 25.6 Å². The second-order valence-electron chi connectivity index (χ2n) is 6.94. The average Bonchev–Trinajstić information content (AvgIpc) is 2.86. The molecule has 2 atom stereocenters. The molecule has 0 aromatic heterocycles. The van der Waals surface area contributed by atoms with Gasteiger partial charge in [-0.25, -0.2) is 13.9 Å². The molecule has 2 aromatic rings. The van der Waals surface area contributed by atoms with Gasteiger partial charge in [-0.2, -0.15) is 0 Å². The van der Waals surface area contributed by atoms with E-state index in [0.717, 1.165) is 29.3 Å². The van der Waals surface area contributed by atoms with E-state index in [4.69, 9.17) is 5.21 Å². The Balaban J connectivity index is 1.72. The summed E-state index contributed by atoms with van der Waals surface area (Å²) in [5, 5.41) is 10.4. The van der Waals surface area contributed by atoms with Gasteiger partial charge in [0.2, 0.25) is 5.91 Å². The third kappa shape index (κ3) is 3.17. The third-order valence-electron chi connectivity index (χ3n) is 5.09. The zero-order chi connectivity index (χ0) is 18.9. The highest BCUT2D eigenvalue weighted by Gasteiger charge is 2.38. The van der Waals surface area contributed by atoms with E-state index in [1.54, 1.807) is 24.5 Å². The number of anilines is 1. The van der Waals surface area contributed by atoms with Crippen LogP contribution >= 0.6 is 0 Å². The van der Waals surface area contributed by atoms with Gasteiger partial charge in [0.25, 0.3) is 10.0 Å². The summed E-state index contributed by atoms with van der Waals surface area (Å²) in [4.78, 5) is 11.7. The predicted octanol–water partition coefficient (Wildman–Crippen LogP) is 3.44. The quantitative estimate of drug-likeness (QED) is 0.440. The summed E-state index contributed by atoms with van der Waals surface area (Å²) in [5.74, 6) is -0.647. The molecular formula is C19H24N2O4S. The van der Waals surface area contributed by atoms with Crippen molar-refractivity contribution in [2.75, 3.05) is 4.31 Å². The second-order valence-corrected chi connectivity index (χ2v) is 8.73. The number of rotatable bonds is 7. The van der Waals surface area contributed by atoms with Crippen molar-refractivity contribution in [1.82, 2.24) is 5.48 Å². The molecule has 1 amide bonds. The number of nitrogens with zero attached hydrogens (tertiary/aromatic N) is 1. The highest BCUT2D eigenvalue weighted by Crippen LogP contribution is 2.43. The Bertz CT molecular complexity index is 921. The van der Waals surface area contributed by atoms with Crippen LogP contribution in [0.15, 0.2) is 41.3 Å². The molecule has 6 nitrogen and oxygen atoms in total. The van der Waals surface area contributed by atoms with Gasteiger partial charge in [-0.15, -0.1) is 0 Å². The smallest absolute Gasteiger partial charge is 0.265 e. The lowest BCUT2D eigenvalue weighted by Gasteiger charge is -2.26. The number of hydroxylamine groups is 1. The summed E-state index contributed by atoms with van der Waals surface area (Å²) in [6.45, 7) is 3.68. The fourth-order valence-electron chi connectivity index (χ4n) is 3.64. The second kappa shape index (κ2) is 7.25. The van der Waals surface area contributed by atoms with Crippen molar-refractivity contribution in [1.29, 1.82) is 0 Å². The number of hydrogen-bond acceptors (Lipinski definition) is 4. The normalized spacial score (nSPS) is 17.3. The van der Waals surface area contributed by atoms with Crippen molar-refractivity contribution in [2.24, 2.45) is 5.92 Å². The van der Waals surface area contributed by atoms with E-state index in [1.165, 1.54) is 4.31 Å². The van der Waals surface area contributed by atoms with E-state index in [2.05, 4.69) is 0 Å². The first-order chi connectivity index (χ1) is 12.4. The number of unbranched alkanes of at least 4 members (excludes halogenated alkanes) is 1. The Kier molecular flexibility index (Phi) is 5.20. The maximum absolute atomic E-state index is 13.0. The molecule has 1 aliphatic rings. The Morgan fingerprint density at radius 1 is 1.12 bits per heavy atom. The molecule has 0 saturated carbocycles. The van der Waals surface area contributed by atoms with E-state index < -0.39 is 10.0 Å². The fraction of sp³-hybridized carbons (Fsp3) is 0.421. The monoisotopic (exact) mass is 376 g/mol. The van der Waals surface area contributed by atoms with E-state index >= 15 is 0 Å². The molecule has 7 heteroatoms. The van der Waals surface area contributed by atoms with E-state index in [9.17, 15) is 13.2 Å². The summed E-state index contributed by atoms with van der Waals surface area (Å²) >= 11 is 0. The number of nitrogens with one attached hydrogen (secondary N) is 1. The molecule has 2 unspecified atom stereocenters. The van der Waals surface area contributed by atoms with E-state index in [0.29, 0.717) is 17.7 Å². The Labute approximate surface area is 153 Å². The zero-order valence-electron chi connectivity index (χ0n) is 15.0. The van der Waals surface area contributed by atoms with Crippen molar-refractivity contribution < 1.29 is 18.4 Å². The molecule has 0 radical (unpaired) electrons. The molecule has 0 aliphatic carbocycles. The molecule has 0 saturated heterocycles. The van der Waals surface area contributed by atoms with Crippen molar-refractivity contribution in [3.8, 4) is 0 Å². The third-order valence-corrected chi connectivity index (χ3v) is 7.06. The summed E-state index contributed by atoms with van der Waals surface area (Å²) < 4.78 is 27.6. The van der Waals surface area contributed by atoms with Crippen LogP contribution < -0.4 is 9.79 Å². The maximum atomic E-state index is 13.0. The highest BCUT2D eigenvalue weighted by molar-refractivity contribution is 7.93. The Morgan fingerprint density at radius 2 is 1.77 bits per heavy atom. The lowest BCUT2D eigenvalue weighted by atomic mass is 10.0. The Morgan fingerprint density at radius 3 is 2.46 bits per heavy atom. The number of hydrogen-bond donors (Lipinski definition) is 2. The van der Waals surface area contributed by atoms with Crippen LogP contribution in [0.2, 0.25) is 0 Å². The minimum absolute atomic E-state index is 0.167. The minimum atomic E-state index is -3.53. The van der Waals surface area contributed by atoms with Gasteiger partial charge < -0.3 is 0 Å². The van der Waals surface area contributed by atoms with Crippen LogP contribution in [-0.2, 0) is 14.8 Å². The van der Waals surface area contributed by atoms with Gasteiger partial charge in [-0.05, 0) is 37.3 Å². The maximum Gasteiger partial charge on any atom is 0.265 e.